The Bertz CT molecular complexity index is 70.5. The van der Waals surface area contributed by atoms with Crippen LogP contribution in [0.4, 0.5) is 0 Å². The third-order valence-electron chi connectivity index (χ3n) is 1.85. The van der Waals surface area contributed by atoms with Crippen LogP contribution in [-0.4, -0.2) is 22.9 Å². The number of hydrogen-bond acceptors (Lipinski definition) is 2. The first kappa shape index (κ1) is 15.4. The van der Waals surface area contributed by atoms with Crippen LogP contribution in [0.3, 0.4) is 0 Å². The Morgan fingerprint density at radius 1 is 1.00 bits per heavy atom. The molecule has 2 nitrogen and oxygen atoms in total. The smallest absolute Gasteiger partial charge is 0.0537 e. The van der Waals surface area contributed by atoms with E-state index in [-0.39, 0.29) is 6.10 Å². The minimum absolute atomic E-state index is 0.0509. The summed E-state index contributed by atoms with van der Waals surface area (Å²) in [6.07, 6.45) is 6.22. The lowest BCUT2D eigenvalue weighted by atomic mass is 10.2. The molecule has 2 heteroatoms. The summed E-state index contributed by atoms with van der Waals surface area (Å²) in [5.41, 5.74) is 0. The average Bonchev–Trinajstić information content (AvgIpc) is 2.16. The van der Waals surface area contributed by atoms with Crippen molar-refractivity contribution in [3.05, 3.63) is 0 Å². The van der Waals surface area contributed by atoms with E-state index in [1.165, 1.54) is 6.42 Å². The minimum atomic E-state index is -0.0509. The molecule has 0 rings (SSSR count). The van der Waals surface area contributed by atoms with Gasteiger partial charge in [0, 0.05) is 6.61 Å². The highest BCUT2D eigenvalue weighted by molar-refractivity contribution is 4.47. The lowest BCUT2D eigenvalue weighted by molar-refractivity contribution is 0.159. The summed E-state index contributed by atoms with van der Waals surface area (Å²) in [6.45, 7) is 6.56. The van der Waals surface area contributed by atoms with Crippen LogP contribution >= 0.6 is 0 Å². The Labute approximate surface area is 83.0 Å². The van der Waals surface area contributed by atoms with Gasteiger partial charge in [0.25, 0.3) is 0 Å². The SMILES string of the molecule is CCCC(O)CC.CCCCCO. The number of rotatable bonds is 6. The second-order valence-electron chi connectivity index (χ2n) is 3.28. The zero-order chi connectivity index (χ0) is 10.5. The number of aliphatic hydroxyl groups is 2. The first-order chi connectivity index (χ1) is 6.22. The monoisotopic (exact) mass is 190 g/mol. The van der Waals surface area contributed by atoms with E-state index in [0.717, 1.165) is 32.1 Å². The normalized spacial score (nSPS) is 11.8. The molecule has 0 amide bonds. The fourth-order valence-corrected chi connectivity index (χ4v) is 0.899. The van der Waals surface area contributed by atoms with Crippen LogP contribution < -0.4 is 0 Å². The standard InChI is InChI=1S/C6H14O.C5H12O/c1-3-5-6(7)4-2;1-2-3-4-5-6/h6-7H,3-5H2,1-2H3;6H,2-5H2,1H3. The molecule has 0 aliphatic carbocycles. The summed E-state index contributed by atoms with van der Waals surface area (Å²) in [7, 11) is 0. The van der Waals surface area contributed by atoms with Crippen LogP contribution in [0.2, 0.25) is 0 Å². The quantitative estimate of drug-likeness (QED) is 0.632. The van der Waals surface area contributed by atoms with E-state index in [2.05, 4.69) is 13.8 Å². The van der Waals surface area contributed by atoms with Gasteiger partial charge >= 0.3 is 0 Å². The number of hydrogen-bond donors (Lipinski definition) is 2. The highest BCUT2D eigenvalue weighted by atomic mass is 16.3. The van der Waals surface area contributed by atoms with Gasteiger partial charge in [-0.3, -0.25) is 0 Å². The van der Waals surface area contributed by atoms with Crippen molar-refractivity contribution in [1.29, 1.82) is 0 Å². The molecule has 0 aromatic rings. The van der Waals surface area contributed by atoms with E-state index in [1.54, 1.807) is 0 Å². The van der Waals surface area contributed by atoms with Crippen LogP contribution in [-0.2, 0) is 0 Å². The van der Waals surface area contributed by atoms with Crippen molar-refractivity contribution in [1.82, 2.24) is 0 Å². The summed E-state index contributed by atoms with van der Waals surface area (Å²) >= 11 is 0. The molecule has 1 unspecified atom stereocenters. The van der Waals surface area contributed by atoms with Gasteiger partial charge in [0.05, 0.1) is 6.10 Å². The van der Waals surface area contributed by atoms with Crippen LogP contribution in [0.15, 0.2) is 0 Å². The molecule has 0 fully saturated rings. The molecule has 0 spiro atoms. The van der Waals surface area contributed by atoms with Crippen LogP contribution in [0, 0.1) is 0 Å². The zero-order valence-electron chi connectivity index (χ0n) is 9.42. The van der Waals surface area contributed by atoms with Crippen molar-refractivity contribution in [3.63, 3.8) is 0 Å². The van der Waals surface area contributed by atoms with E-state index < -0.39 is 0 Å². The summed E-state index contributed by atoms with van der Waals surface area (Å²) in [4.78, 5) is 0. The molecule has 0 aromatic carbocycles. The third-order valence-corrected chi connectivity index (χ3v) is 1.85. The average molecular weight is 190 g/mol. The van der Waals surface area contributed by atoms with E-state index in [9.17, 15) is 0 Å². The largest absolute Gasteiger partial charge is 0.396 e. The van der Waals surface area contributed by atoms with Crippen LogP contribution in [0.5, 0.6) is 0 Å². The Morgan fingerprint density at radius 2 is 1.62 bits per heavy atom. The van der Waals surface area contributed by atoms with E-state index >= 15 is 0 Å². The molecule has 2 N–H and O–H groups in total. The molecular weight excluding hydrogens is 164 g/mol. The topological polar surface area (TPSA) is 40.5 Å². The lowest BCUT2D eigenvalue weighted by Gasteiger charge is -2.01. The van der Waals surface area contributed by atoms with Gasteiger partial charge in [-0.1, -0.05) is 40.0 Å². The Balaban J connectivity index is 0. The van der Waals surface area contributed by atoms with Gasteiger partial charge < -0.3 is 10.2 Å². The molecule has 0 radical (unpaired) electrons. The van der Waals surface area contributed by atoms with Gasteiger partial charge in [0.1, 0.15) is 0 Å². The van der Waals surface area contributed by atoms with Crippen molar-refractivity contribution in [3.8, 4) is 0 Å². The number of unbranched alkanes of at least 4 members (excludes halogenated alkanes) is 2. The molecule has 0 bridgehead atoms. The predicted molar refractivity (Wildman–Crippen MR) is 57.8 cm³/mol. The maximum Gasteiger partial charge on any atom is 0.0537 e. The van der Waals surface area contributed by atoms with Gasteiger partial charge in [-0.05, 0) is 19.3 Å². The van der Waals surface area contributed by atoms with Crippen molar-refractivity contribution >= 4 is 0 Å². The van der Waals surface area contributed by atoms with E-state index in [0.29, 0.717) is 6.61 Å². The molecular formula is C11H26O2. The zero-order valence-corrected chi connectivity index (χ0v) is 9.42. The van der Waals surface area contributed by atoms with Gasteiger partial charge in [-0.25, -0.2) is 0 Å². The summed E-state index contributed by atoms with van der Waals surface area (Å²) in [6, 6.07) is 0. The summed E-state index contributed by atoms with van der Waals surface area (Å²) < 4.78 is 0. The van der Waals surface area contributed by atoms with Crippen molar-refractivity contribution in [2.75, 3.05) is 6.61 Å². The van der Waals surface area contributed by atoms with Crippen molar-refractivity contribution in [2.24, 2.45) is 0 Å². The van der Waals surface area contributed by atoms with E-state index in [1.807, 2.05) is 6.92 Å². The highest BCUT2D eigenvalue weighted by Gasteiger charge is 1.94. The molecule has 0 aliphatic heterocycles. The van der Waals surface area contributed by atoms with Crippen molar-refractivity contribution < 1.29 is 10.2 Å². The summed E-state index contributed by atoms with van der Waals surface area (Å²) in [5.74, 6) is 0. The van der Waals surface area contributed by atoms with E-state index in [4.69, 9.17) is 10.2 Å². The van der Waals surface area contributed by atoms with Gasteiger partial charge in [-0.15, -0.1) is 0 Å². The fourth-order valence-electron chi connectivity index (χ4n) is 0.899. The maximum atomic E-state index is 8.86. The molecule has 0 aliphatic rings. The fraction of sp³-hybridized carbons (Fsp3) is 1.00. The first-order valence-corrected chi connectivity index (χ1v) is 5.51. The Hall–Kier alpha value is -0.0800. The first-order valence-electron chi connectivity index (χ1n) is 5.51. The number of aliphatic hydroxyl groups excluding tert-OH is 2. The molecule has 0 saturated carbocycles. The molecule has 0 saturated heterocycles. The summed E-state index contributed by atoms with van der Waals surface area (Å²) in [5, 5.41) is 17.1. The molecule has 82 valence electrons. The molecule has 0 heterocycles. The third kappa shape index (κ3) is 18.7. The second kappa shape index (κ2) is 14.4. The van der Waals surface area contributed by atoms with Crippen LogP contribution in [0.25, 0.3) is 0 Å². The molecule has 0 aromatic heterocycles. The highest BCUT2D eigenvalue weighted by Crippen LogP contribution is 1.98. The minimum Gasteiger partial charge on any atom is -0.396 e. The van der Waals surface area contributed by atoms with Crippen molar-refractivity contribution in [2.45, 2.75) is 65.4 Å². The lowest BCUT2D eigenvalue weighted by Crippen LogP contribution is -2.01. The second-order valence-corrected chi connectivity index (χ2v) is 3.28. The Kier molecular flexibility index (Phi) is 17.1. The van der Waals surface area contributed by atoms with Gasteiger partial charge in [0.15, 0.2) is 0 Å². The Morgan fingerprint density at radius 3 is 1.77 bits per heavy atom. The predicted octanol–water partition coefficient (Wildman–Crippen LogP) is 2.73. The van der Waals surface area contributed by atoms with Crippen LogP contribution in [0.1, 0.15) is 59.3 Å². The molecule has 13 heavy (non-hydrogen) atoms. The van der Waals surface area contributed by atoms with Gasteiger partial charge in [-0.2, -0.15) is 0 Å². The molecule has 1 atom stereocenters. The van der Waals surface area contributed by atoms with Gasteiger partial charge in [0.2, 0.25) is 0 Å². The maximum absolute atomic E-state index is 8.86.